The van der Waals surface area contributed by atoms with Gasteiger partial charge in [-0.2, -0.15) is 0 Å². The maximum absolute atomic E-state index is 5.18. The minimum atomic E-state index is 0.516. The highest BCUT2D eigenvalue weighted by Crippen LogP contribution is 2.28. The summed E-state index contributed by atoms with van der Waals surface area (Å²) >= 11 is 1.67. The Labute approximate surface area is 123 Å². The standard InChI is InChI=1S/C14H20N4OS/c1-11-9-18(5-4-17(11)6-7-19-2)13-12-3-8-20-14(12)16-10-15-13/h3,8,10-11H,4-7,9H2,1-2H3/t11-/m0/s1. The van der Waals surface area contributed by atoms with Gasteiger partial charge in [-0.05, 0) is 18.4 Å². The molecule has 2 aromatic rings. The van der Waals surface area contributed by atoms with E-state index in [-0.39, 0.29) is 0 Å². The SMILES string of the molecule is COCCN1CCN(c2ncnc3sccc23)C[C@@H]1C. The summed E-state index contributed by atoms with van der Waals surface area (Å²) in [6, 6.07) is 2.64. The Balaban J connectivity index is 1.75. The van der Waals surface area contributed by atoms with E-state index in [9.17, 15) is 0 Å². The second-order valence-electron chi connectivity index (χ2n) is 5.16. The number of nitrogens with zero attached hydrogens (tertiary/aromatic N) is 4. The van der Waals surface area contributed by atoms with E-state index in [0.717, 1.165) is 43.4 Å². The minimum Gasteiger partial charge on any atom is -0.383 e. The smallest absolute Gasteiger partial charge is 0.140 e. The zero-order valence-electron chi connectivity index (χ0n) is 12.0. The van der Waals surface area contributed by atoms with Crippen molar-refractivity contribution in [3.63, 3.8) is 0 Å². The summed E-state index contributed by atoms with van der Waals surface area (Å²) in [6.45, 7) is 7.14. The van der Waals surface area contributed by atoms with Crippen LogP contribution in [-0.2, 0) is 4.74 Å². The predicted molar refractivity (Wildman–Crippen MR) is 82.5 cm³/mol. The number of hydrogen-bond donors (Lipinski definition) is 0. The molecule has 6 heteroatoms. The lowest BCUT2D eigenvalue weighted by Gasteiger charge is -2.40. The number of thiophene rings is 1. The molecular weight excluding hydrogens is 272 g/mol. The van der Waals surface area contributed by atoms with Crippen molar-refractivity contribution in [3.8, 4) is 0 Å². The van der Waals surface area contributed by atoms with Crippen molar-refractivity contribution in [1.82, 2.24) is 14.9 Å². The molecule has 1 fully saturated rings. The first-order chi connectivity index (χ1) is 9.79. The second-order valence-corrected chi connectivity index (χ2v) is 6.06. The Morgan fingerprint density at radius 2 is 2.30 bits per heavy atom. The Bertz CT molecular complexity index is 573. The van der Waals surface area contributed by atoms with Crippen LogP contribution in [0.1, 0.15) is 6.92 Å². The Hall–Kier alpha value is -1.24. The molecule has 0 aromatic carbocycles. The van der Waals surface area contributed by atoms with Crippen LogP contribution in [0.15, 0.2) is 17.8 Å². The third-order valence-corrected chi connectivity index (χ3v) is 4.71. The van der Waals surface area contributed by atoms with E-state index in [0.29, 0.717) is 6.04 Å². The molecule has 1 aliphatic rings. The van der Waals surface area contributed by atoms with Crippen molar-refractivity contribution in [1.29, 1.82) is 0 Å². The molecule has 1 atom stereocenters. The lowest BCUT2D eigenvalue weighted by Crippen LogP contribution is -2.53. The molecule has 0 saturated carbocycles. The van der Waals surface area contributed by atoms with Gasteiger partial charge in [0.15, 0.2) is 0 Å². The molecule has 2 aromatic heterocycles. The molecule has 1 aliphatic heterocycles. The lowest BCUT2D eigenvalue weighted by atomic mass is 10.2. The number of anilines is 1. The predicted octanol–water partition coefficient (Wildman–Crippen LogP) is 1.85. The highest BCUT2D eigenvalue weighted by molar-refractivity contribution is 7.16. The molecule has 5 nitrogen and oxygen atoms in total. The molecule has 0 radical (unpaired) electrons. The normalized spacial score (nSPS) is 20.7. The molecular formula is C14H20N4OS. The molecule has 0 spiro atoms. The maximum Gasteiger partial charge on any atom is 0.140 e. The van der Waals surface area contributed by atoms with Crippen molar-refractivity contribution in [2.75, 3.05) is 44.8 Å². The van der Waals surface area contributed by atoms with Crippen LogP contribution in [0.2, 0.25) is 0 Å². The van der Waals surface area contributed by atoms with E-state index in [4.69, 9.17) is 4.74 Å². The Morgan fingerprint density at radius 1 is 1.40 bits per heavy atom. The van der Waals surface area contributed by atoms with Crippen LogP contribution in [0, 0.1) is 0 Å². The quantitative estimate of drug-likeness (QED) is 0.860. The second kappa shape index (κ2) is 6.03. The first kappa shape index (κ1) is 13.7. The molecule has 3 rings (SSSR count). The van der Waals surface area contributed by atoms with Crippen LogP contribution in [0.3, 0.4) is 0 Å². The average Bonchev–Trinajstić information content (AvgIpc) is 2.94. The molecule has 20 heavy (non-hydrogen) atoms. The van der Waals surface area contributed by atoms with Gasteiger partial charge in [-0.25, -0.2) is 9.97 Å². The average molecular weight is 292 g/mol. The van der Waals surface area contributed by atoms with E-state index in [1.165, 1.54) is 5.39 Å². The summed E-state index contributed by atoms with van der Waals surface area (Å²) in [7, 11) is 1.76. The van der Waals surface area contributed by atoms with Crippen molar-refractivity contribution < 1.29 is 4.74 Å². The van der Waals surface area contributed by atoms with Gasteiger partial charge in [-0.15, -0.1) is 11.3 Å². The first-order valence-corrected chi connectivity index (χ1v) is 7.83. The molecule has 0 amide bonds. The third-order valence-electron chi connectivity index (χ3n) is 3.89. The summed E-state index contributed by atoms with van der Waals surface area (Å²) in [6.07, 6.45) is 1.68. The van der Waals surface area contributed by atoms with Gasteiger partial charge in [0.2, 0.25) is 0 Å². The van der Waals surface area contributed by atoms with Crippen molar-refractivity contribution in [2.45, 2.75) is 13.0 Å². The largest absolute Gasteiger partial charge is 0.383 e. The van der Waals surface area contributed by atoms with Crippen LogP contribution in [0.4, 0.5) is 5.82 Å². The van der Waals surface area contributed by atoms with Crippen LogP contribution in [0.5, 0.6) is 0 Å². The van der Waals surface area contributed by atoms with E-state index >= 15 is 0 Å². The van der Waals surface area contributed by atoms with Crippen LogP contribution < -0.4 is 4.90 Å². The van der Waals surface area contributed by atoms with Gasteiger partial charge in [-0.3, -0.25) is 4.90 Å². The van der Waals surface area contributed by atoms with Gasteiger partial charge < -0.3 is 9.64 Å². The van der Waals surface area contributed by atoms with Gasteiger partial charge in [0, 0.05) is 39.3 Å². The number of rotatable bonds is 4. The number of hydrogen-bond acceptors (Lipinski definition) is 6. The molecule has 1 saturated heterocycles. The zero-order valence-corrected chi connectivity index (χ0v) is 12.8. The highest BCUT2D eigenvalue weighted by atomic mass is 32.1. The highest BCUT2D eigenvalue weighted by Gasteiger charge is 2.25. The van der Waals surface area contributed by atoms with Crippen molar-refractivity contribution in [3.05, 3.63) is 17.8 Å². The summed E-state index contributed by atoms with van der Waals surface area (Å²) in [5.74, 6) is 1.08. The van der Waals surface area contributed by atoms with Crippen LogP contribution in [0.25, 0.3) is 10.2 Å². The molecule has 3 heterocycles. The fraction of sp³-hybridized carbons (Fsp3) is 0.571. The molecule has 0 aliphatic carbocycles. The fourth-order valence-corrected chi connectivity index (χ4v) is 3.48. The van der Waals surface area contributed by atoms with Crippen LogP contribution in [-0.4, -0.2) is 60.8 Å². The zero-order chi connectivity index (χ0) is 13.9. The summed E-state index contributed by atoms with van der Waals surface area (Å²) in [5.41, 5.74) is 0. The van der Waals surface area contributed by atoms with Gasteiger partial charge in [0.25, 0.3) is 0 Å². The fourth-order valence-electron chi connectivity index (χ4n) is 2.76. The van der Waals surface area contributed by atoms with Crippen molar-refractivity contribution >= 4 is 27.4 Å². The topological polar surface area (TPSA) is 41.5 Å². The summed E-state index contributed by atoms with van der Waals surface area (Å²) in [4.78, 5) is 14.8. The monoisotopic (exact) mass is 292 g/mol. The first-order valence-electron chi connectivity index (χ1n) is 6.95. The Kier molecular flexibility index (Phi) is 4.14. The molecule has 108 valence electrons. The van der Waals surface area contributed by atoms with Gasteiger partial charge in [0.05, 0.1) is 12.0 Å². The van der Waals surface area contributed by atoms with E-state index in [1.54, 1.807) is 24.8 Å². The maximum atomic E-state index is 5.18. The van der Waals surface area contributed by atoms with Gasteiger partial charge in [0.1, 0.15) is 17.0 Å². The molecule has 0 bridgehead atoms. The lowest BCUT2D eigenvalue weighted by molar-refractivity contribution is 0.117. The number of aromatic nitrogens is 2. The van der Waals surface area contributed by atoms with E-state index < -0.39 is 0 Å². The van der Waals surface area contributed by atoms with Crippen molar-refractivity contribution in [2.24, 2.45) is 0 Å². The van der Waals surface area contributed by atoms with Gasteiger partial charge in [-0.1, -0.05) is 0 Å². The minimum absolute atomic E-state index is 0.516. The van der Waals surface area contributed by atoms with E-state index in [1.807, 2.05) is 0 Å². The Morgan fingerprint density at radius 3 is 3.10 bits per heavy atom. The number of piperazine rings is 1. The van der Waals surface area contributed by atoms with Crippen LogP contribution >= 0.6 is 11.3 Å². The summed E-state index contributed by atoms with van der Waals surface area (Å²) in [5, 5.41) is 3.26. The third kappa shape index (κ3) is 2.63. The van der Waals surface area contributed by atoms with Gasteiger partial charge >= 0.3 is 0 Å². The number of fused-ring (bicyclic) bond motifs is 1. The summed E-state index contributed by atoms with van der Waals surface area (Å²) < 4.78 is 5.18. The number of ether oxygens (including phenoxy) is 1. The number of methoxy groups -OCH3 is 1. The van der Waals surface area contributed by atoms with E-state index in [2.05, 4.69) is 38.1 Å². The molecule has 0 unspecified atom stereocenters. The molecule has 0 N–H and O–H groups in total.